The molecule has 1 aromatic heterocycles. The van der Waals surface area contributed by atoms with Gasteiger partial charge in [0.2, 0.25) is 15.9 Å². The van der Waals surface area contributed by atoms with E-state index < -0.39 is 16.1 Å². The molecular weight excluding hydrogens is 320 g/mol. The molecule has 1 fully saturated rings. The highest BCUT2D eigenvalue weighted by atomic mass is 32.2. The number of sulfonamides is 1. The predicted octanol–water partition coefficient (Wildman–Crippen LogP) is -0.258. The van der Waals surface area contributed by atoms with Crippen LogP contribution in [0.4, 0.5) is 0 Å². The second-order valence-electron chi connectivity index (χ2n) is 6.14. The molecule has 0 radical (unpaired) electrons. The summed E-state index contributed by atoms with van der Waals surface area (Å²) in [7, 11) is -3.35. The van der Waals surface area contributed by atoms with Crippen molar-refractivity contribution in [2.24, 2.45) is 5.92 Å². The fraction of sp³-hybridized carbons (Fsp3) is 0.714. The summed E-state index contributed by atoms with van der Waals surface area (Å²) in [4.78, 5) is 12.5. The largest absolute Gasteiger partial charge is 0.381 e. The van der Waals surface area contributed by atoms with E-state index in [4.69, 9.17) is 4.74 Å². The molecule has 1 atom stereocenters. The van der Waals surface area contributed by atoms with Gasteiger partial charge in [0.05, 0.1) is 18.5 Å². The molecule has 0 aliphatic carbocycles. The first-order valence-corrected chi connectivity index (χ1v) is 9.63. The molecule has 0 saturated carbocycles. The SMILES string of the molecule is CS(=O)(=O)N1Cc2ccnn2[C@@H](C(=O)NCC2CCOCC2)C1. The van der Waals surface area contributed by atoms with Crippen LogP contribution in [0, 0.1) is 5.92 Å². The number of nitrogens with zero attached hydrogens (tertiary/aromatic N) is 3. The van der Waals surface area contributed by atoms with Crippen LogP contribution in [0.1, 0.15) is 24.6 Å². The van der Waals surface area contributed by atoms with Gasteiger partial charge in [0.25, 0.3) is 0 Å². The van der Waals surface area contributed by atoms with Gasteiger partial charge < -0.3 is 10.1 Å². The van der Waals surface area contributed by atoms with Crippen LogP contribution in [0.3, 0.4) is 0 Å². The Morgan fingerprint density at radius 3 is 2.87 bits per heavy atom. The second-order valence-corrected chi connectivity index (χ2v) is 8.12. The van der Waals surface area contributed by atoms with Gasteiger partial charge in [-0.05, 0) is 24.8 Å². The molecule has 2 aliphatic rings. The van der Waals surface area contributed by atoms with E-state index in [-0.39, 0.29) is 19.0 Å². The monoisotopic (exact) mass is 342 g/mol. The summed E-state index contributed by atoms with van der Waals surface area (Å²) in [6, 6.07) is 1.12. The summed E-state index contributed by atoms with van der Waals surface area (Å²) >= 11 is 0. The van der Waals surface area contributed by atoms with Gasteiger partial charge >= 0.3 is 0 Å². The highest BCUT2D eigenvalue weighted by Crippen LogP contribution is 2.22. The lowest BCUT2D eigenvalue weighted by molar-refractivity contribution is -0.125. The van der Waals surface area contributed by atoms with Gasteiger partial charge in [0, 0.05) is 32.5 Å². The zero-order valence-corrected chi connectivity index (χ0v) is 14.0. The molecule has 0 aromatic carbocycles. The minimum absolute atomic E-state index is 0.118. The average molecular weight is 342 g/mol. The van der Waals surface area contributed by atoms with Crippen LogP contribution < -0.4 is 5.32 Å². The van der Waals surface area contributed by atoms with Gasteiger partial charge in [-0.2, -0.15) is 9.40 Å². The van der Waals surface area contributed by atoms with Gasteiger partial charge in [-0.1, -0.05) is 0 Å². The fourth-order valence-electron chi connectivity index (χ4n) is 3.02. The predicted molar refractivity (Wildman–Crippen MR) is 83.1 cm³/mol. The lowest BCUT2D eigenvalue weighted by Gasteiger charge is -2.32. The van der Waals surface area contributed by atoms with E-state index in [9.17, 15) is 13.2 Å². The van der Waals surface area contributed by atoms with Crippen molar-refractivity contribution in [3.8, 4) is 0 Å². The Balaban J connectivity index is 1.69. The van der Waals surface area contributed by atoms with Crippen molar-refractivity contribution in [1.82, 2.24) is 19.4 Å². The van der Waals surface area contributed by atoms with E-state index in [1.807, 2.05) is 0 Å². The van der Waals surface area contributed by atoms with Gasteiger partial charge in [-0.3, -0.25) is 9.48 Å². The summed E-state index contributed by atoms with van der Waals surface area (Å²) in [5.74, 6) is 0.231. The Kier molecular flexibility index (Phi) is 4.69. The second kappa shape index (κ2) is 6.58. The van der Waals surface area contributed by atoms with E-state index in [2.05, 4.69) is 10.4 Å². The van der Waals surface area contributed by atoms with E-state index >= 15 is 0 Å². The van der Waals surface area contributed by atoms with Gasteiger partial charge in [-0.15, -0.1) is 0 Å². The van der Waals surface area contributed by atoms with Crippen LogP contribution >= 0.6 is 0 Å². The number of aromatic nitrogens is 2. The zero-order chi connectivity index (χ0) is 16.4. The van der Waals surface area contributed by atoms with Crippen LogP contribution in [0.15, 0.2) is 12.3 Å². The molecule has 1 N–H and O–H groups in total. The number of amides is 1. The normalized spacial score (nSPS) is 23.4. The third-order valence-electron chi connectivity index (χ3n) is 4.44. The molecule has 0 spiro atoms. The zero-order valence-electron chi connectivity index (χ0n) is 13.1. The standard InChI is InChI=1S/C14H22N4O4S/c1-23(20,21)17-9-12-2-5-16-18(12)13(10-17)14(19)15-8-11-3-6-22-7-4-11/h2,5,11,13H,3-4,6-10H2,1H3,(H,15,19)/t13-/m1/s1. The number of nitrogens with one attached hydrogen (secondary N) is 1. The van der Waals surface area contributed by atoms with Crippen molar-refractivity contribution in [1.29, 1.82) is 0 Å². The highest BCUT2D eigenvalue weighted by molar-refractivity contribution is 7.88. The number of hydrogen-bond acceptors (Lipinski definition) is 5. The van der Waals surface area contributed by atoms with Crippen LogP contribution in [-0.4, -0.2) is 61.0 Å². The Labute approximate surface area is 135 Å². The summed E-state index contributed by atoms with van der Waals surface area (Å²) in [5, 5.41) is 7.13. The molecule has 9 heteroatoms. The van der Waals surface area contributed by atoms with E-state index in [0.717, 1.165) is 38.0 Å². The first kappa shape index (κ1) is 16.4. The van der Waals surface area contributed by atoms with Crippen molar-refractivity contribution in [3.05, 3.63) is 18.0 Å². The molecule has 1 amide bonds. The Hall–Kier alpha value is -1.45. The summed E-state index contributed by atoms with van der Waals surface area (Å²) in [6.45, 7) is 2.42. The number of rotatable bonds is 4. The topological polar surface area (TPSA) is 93.5 Å². The number of carbonyl (C=O) groups excluding carboxylic acids is 1. The minimum atomic E-state index is -3.35. The van der Waals surface area contributed by atoms with E-state index in [1.165, 1.54) is 4.31 Å². The first-order valence-electron chi connectivity index (χ1n) is 7.78. The van der Waals surface area contributed by atoms with Crippen molar-refractivity contribution in [3.63, 3.8) is 0 Å². The molecule has 0 unspecified atom stereocenters. The molecule has 3 rings (SSSR count). The van der Waals surface area contributed by atoms with E-state index in [1.54, 1.807) is 16.9 Å². The van der Waals surface area contributed by atoms with Crippen molar-refractivity contribution < 1.29 is 17.9 Å². The maximum atomic E-state index is 12.5. The third kappa shape index (κ3) is 3.73. The molecular formula is C14H22N4O4S. The third-order valence-corrected chi connectivity index (χ3v) is 5.66. The molecule has 0 bridgehead atoms. The number of hydrogen-bond donors (Lipinski definition) is 1. The van der Waals surface area contributed by atoms with Crippen LogP contribution in [-0.2, 0) is 26.1 Å². The molecule has 1 saturated heterocycles. The average Bonchev–Trinajstić information content (AvgIpc) is 3.00. The van der Waals surface area contributed by atoms with Crippen LogP contribution in [0.25, 0.3) is 0 Å². The van der Waals surface area contributed by atoms with Crippen LogP contribution in [0.5, 0.6) is 0 Å². The van der Waals surface area contributed by atoms with Crippen molar-refractivity contribution in [2.75, 3.05) is 32.6 Å². The Bertz CT molecular complexity index is 666. The quantitative estimate of drug-likeness (QED) is 0.814. The summed E-state index contributed by atoms with van der Waals surface area (Å²) in [5.41, 5.74) is 0.730. The smallest absolute Gasteiger partial charge is 0.246 e. The first-order chi connectivity index (χ1) is 10.9. The Morgan fingerprint density at radius 2 is 2.17 bits per heavy atom. The maximum Gasteiger partial charge on any atom is 0.246 e. The van der Waals surface area contributed by atoms with Gasteiger partial charge in [0.15, 0.2) is 0 Å². The Morgan fingerprint density at radius 1 is 1.43 bits per heavy atom. The minimum Gasteiger partial charge on any atom is -0.381 e. The molecule has 2 aliphatic heterocycles. The van der Waals surface area contributed by atoms with Crippen LogP contribution in [0.2, 0.25) is 0 Å². The van der Waals surface area contributed by atoms with E-state index in [0.29, 0.717) is 12.5 Å². The number of ether oxygens (including phenoxy) is 1. The summed E-state index contributed by atoms with van der Waals surface area (Å²) in [6.07, 6.45) is 4.64. The number of fused-ring (bicyclic) bond motifs is 1. The van der Waals surface area contributed by atoms with Gasteiger partial charge in [0.1, 0.15) is 6.04 Å². The lowest BCUT2D eigenvalue weighted by atomic mass is 10.0. The maximum absolute atomic E-state index is 12.5. The summed E-state index contributed by atoms with van der Waals surface area (Å²) < 4.78 is 31.9. The molecule has 128 valence electrons. The highest BCUT2D eigenvalue weighted by Gasteiger charge is 2.34. The molecule has 3 heterocycles. The molecule has 23 heavy (non-hydrogen) atoms. The lowest BCUT2D eigenvalue weighted by Crippen LogP contribution is -2.47. The fourth-order valence-corrected chi connectivity index (χ4v) is 3.80. The molecule has 8 nitrogen and oxygen atoms in total. The van der Waals surface area contributed by atoms with Crippen molar-refractivity contribution in [2.45, 2.75) is 25.4 Å². The van der Waals surface area contributed by atoms with Gasteiger partial charge in [-0.25, -0.2) is 8.42 Å². The van der Waals surface area contributed by atoms with Crippen molar-refractivity contribution >= 4 is 15.9 Å². The number of carbonyl (C=O) groups is 1. The molecule has 1 aromatic rings.